The SMILES string of the molecule is CC(C)(c1ccc(Oc2ccc(CO)c(CO)c2)cc1)c1ccc(Oc2ccc(CO)c(CO)c2)cc1. The molecule has 4 rings (SSSR count). The smallest absolute Gasteiger partial charge is 0.127 e. The van der Waals surface area contributed by atoms with Crippen LogP contribution >= 0.6 is 0 Å². The summed E-state index contributed by atoms with van der Waals surface area (Å²) in [6, 6.07) is 26.3. The summed E-state index contributed by atoms with van der Waals surface area (Å²) in [5, 5.41) is 37.8. The molecule has 4 aromatic carbocycles. The van der Waals surface area contributed by atoms with Crippen LogP contribution in [-0.4, -0.2) is 20.4 Å². The molecular formula is C31H32O6. The summed E-state index contributed by atoms with van der Waals surface area (Å²) >= 11 is 0. The second-order valence-corrected chi connectivity index (χ2v) is 9.37. The summed E-state index contributed by atoms with van der Waals surface area (Å²) in [5.74, 6) is 2.55. The van der Waals surface area contributed by atoms with Crippen LogP contribution in [0.1, 0.15) is 47.2 Å². The molecule has 37 heavy (non-hydrogen) atoms. The number of hydrogen-bond acceptors (Lipinski definition) is 6. The van der Waals surface area contributed by atoms with Crippen molar-refractivity contribution in [2.45, 2.75) is 45.7 Å². The maximum absolute atomic E-state index is 9.51. The highest BCUT2D eigenvalue weighted by atomic mass is 16.5. The van der Waals surface area contributed by atoms with Crippen LogP contribution in [0.15, 0.2) is 84.9 Å². The van der Waals surface area contributed by atoms with Crippen molar-refractivity contribution >= 4 is 0 Å². The van der Waals surface area contributed by atoms with Crippen LogP contribution in [0.3, 0.4) is 0 Å². The quantitative estimate of drug-likeness (QED) is 0.227. The van der Waals surface area contributed by atoms with E-state index in [1.165, 1.54) is 0 Å². The largest absolute Gasteiger partial charge is 0.457 e. The van der Waals surface area contributed by atoms with E-state index in [0.717, 1.165) is 11.1 Å². The molecular weight excluding hydrogens is 468 g/mol. The minimum absolute atomic E-state index is 0.130. The van der Waals surface area contributed by atoms with Crippen molar-refractivity contribution < 1.29 is 29.9 Å². The highest BCUT2D eigenvalue weighted by Crippen LogP contribution is 2.35. The normalized spacial score (nSPS) is 11.4. The summed E-state index contributed by atoms with van der Waals surface area (Å²) in [4.78, 5) is 0. The zero-order valence-electron chi connectivity index (χ0n) is 21.0. The van der Waals surface area contributed by atoms with Gasteiger partial charge in [0.1, 0.15) is 23.0 Å². The van der Waals surface area contributed by atoms with E-state index in [1.807, 2.05) is 48.5 Å². The molecule has 6 heteroatoms. The average Bonchev–Trinajstić information content (AvgIpc) is 2.93. The molecule has 0 bridgehead atoms. The van der Waals surface area contributed by atoms with Gasteiger partial charge in [-0.1, -0.05) is 50.2 Å². The first kappa shape index (κ1) is 26.4. The van der Waals surface area contributed by atoms with E-state index in [4.69, 9.17) is 9.47 Å². The van der Waals surface area contributed by atoms with Crippen molar-refractivity contribution in [1.29, 1.82) is 0 Å². The van der Waals surface area contributed by atoms with Crippen molar-refractivity contribution in [2.24, 2.45) is 0 Å². The molecule has 0 radical (unpaired) electrons. The Bertz CT molecular complexity index is 1220. The Kier molecular flexibility index (Phi) is 8.26. The lowest BCUT2D eigenvalue weighted by atomic mass is 9.78. The van der Waals surface area contributed by atoms with Crippen molar-refractivity contribution in [1.82, 2.24) is 0 Å². The van der Waals surface area contributed by atoms with Gasteiger partial charge in [0.15, 0.2) is 0 Å². The van der Waals surface area contributed by atoms with Gasteiger partial charge in [-0.25, -0.2) is 0 Å². The Morgan fingerprint density at radius 3 is 1.11 bits per heavy atom. The molecule has 4 aromatic rings. The third kappa shape index (κ3) is 6.01. The van der Waals surface area contributed by atoms with Gasteiger partial charge in [0.2, 0.25) is 0 Å². The van der Waals surface area contributed by atoms with E-state index < -0.39 is 0 Å². The van der Waals surface area contributed by atoms with Gasteiger partial charge in [-0.15, -0.1) is 0 Å². The minimum atomic E-state index is -0.267. The van der Waals surface area contributed by atoms with E-state index in [-0.39, 0.29) is 31.8 Å². The zero-order chi connectivity index (χ0) is 26.4. The van der Waals surface area contributed by atoms with Crippen molar-refractivity contribution in [3.63, 3.8) is 0 Å². The lowest BCUT2D eigenvalue weighted by molar-refractivity contribution is 0.259. The summed E-state index contributed by atoms with van der Waals surface area (Å²) in [7, 11) is 0. The third-order valence-corrected chi connectivity index (χ3v) is 6.66. The Balaban J connectivity index is 1.46. The Hall–Kier alpha value is -3.68. The number of rotatable bonds is 10. The molecule has 0 saturated carbocycles. The van der Waals surface area contributed by atoms with Crippen LogP contribution in [0, 0.1) is 0 Å². The van der Waals surface area contributed by atoms with E-state index in [2.05, 4.69) is 13.8 Å². The first-order chi connectivity index (χ1) is 17.9. The Morgan fingerprint density at radius 1 is 0.459 bits per heavy atom. The molecule has 0 aromatic heterocycles. The lowest BCUT2D eigenvalue weighted by Gasteiger charge is -2.26. The average molecular weight is 501 g/mol. The number of hydrogen-bond donors (Lipinski definition) is 4. The van der Waals surface area contributed by atoms with Gasteiger partial charge >= 0.3 is 0 Å². The second-order valence-electron chi connectivity index (χ2n) is 9.37. The van der Waals surface area contributed by atoms with Gasteiger partial charge in [-0.05, 0) is 81.9 Å². The first-order valence-corrected chi connectivity index (χ1v) is 12.1. The van der Waals surface area contributed by atoms with E-state index in [0.29, 0.717) is 45.3 Å². The molecule has 0 atom stereocenters. The molecule has 0 unspecified atom stereocenters. The summed E-state index contributed by atoms with van der Waals surface area (Å²) in [6.07, 6.45) is 0. The molecule has 0 fully saturated rings. The first-order valence-electron chi connectivity index (χ1n) is 12.1. The number of ether oxygens (including phenoxy) is 2. The third-order valence-electron chi connectivity index (χ3n) is 6.66. The lowest BCUT2D eigenvalue weighted by Crippen LogP contribution is -2.18. The van der Waals surface area contributed by atoms with Gasteiger partial charge in [-0.3, -0.25) is 0 Å². The summed E-state index contributed by atoms with van der Waals surface area (Å²) in [5.41, 5.74) is 4.61. The fourth-order valence-electron chi connectivity index (χ4n) is 4.25. The molecule has 0 heterocycles. The van der Waals surface area contributed by atoms with Gasteiger partial charge in [-0.2, -0.15) is 0 Å². The van der Waals surface area contributed by atoms with Crippen LogP contribution in [0.2, 0.25) is 0 Å². The summed E-state index contributed by atoms with van der Waals surface area (Å²) in [6.45, 7) is 3.72. The fourth-order valence-corrected chi connectivity index (χ4v) is 4.25. The number of aliphatic hydroxyl groups is 4. The molecule has 0 amide bonds. The van der Waals surface area contributed by atoms with Crippen molar-refractivity contribution in [2.75, 3.05) is 0 Å². The topological polar surface area (TPSA) is 99.4 Å². The van der Waals surface area contributed by atoms with E-state index >= 15 is 0 Å². The molecule has 4 N–H and O–H groups in total. The molecule has 0 aliphatic heterocycles. The molecule has 192 valence electrons. The van der Waals surface area contributed by atoms with Crippen LogP contribution in [0.25, 0.3) is 0 Å². The van der Waals surface area contributed by atoms with Gasteiger partial charge in [0, 0.05) is 5.41 Å². The van der Waals surface area contributed by atoms with Crippen LogP contribution < -0.4 is 9.47 Å². The fraction of sp³-hybridized carbons (Fsp3) is 0.226. The van der Waals surface area contributed by atoms with Crippen LogP contribution in [0.4, 0.5) is 0 Å². The van der Waals surface area contributed by atoms with E-state index in [1.54, 1.807) is 36.4 Å². The number of benzene rings is 4. The van der Waals surface area contributed by atoms with Gasteiger partial charge < -0.3 is 29.9 Å². The van der Waals surface area contributed by atoms with E-state index in [9.17, 15) is 20.4 Å². The maximum Gasteiger partial charge on any atom is 0.127 e. The molecule has 0 spiro atoms. The van der Waals surface area contributed by atoms with Gasteiger partial charge in [0.25, 0.3) is 0 Å². The predicted octanol–water partition coefficient (Wildman–Crippen LogP) is 5.57. The number of aliphatic hydroxyl groups excluding tert-OH is 4. The Morgan fingerprint density at radius 2 is 0.784 bits per heavy atom. The Labute approximate surface area is 217 Å². The molecule has 0 aliphatic rings. The van der Waals surface area contributed by atoms with Gasteiger partial charge in [0.05, 0.1) is 26.4 Å². The molecule has 0 saturated heterocycles. The standard InChI is InChI=1S/C31H32O6/c1-31(2,25-5-11-27(12-6-25)36-29-9-3-21(17-32)23(15-29)19-34)26-7-13-28(14-8-26)37-30-10-4-22(18-33)24(16-30)20-35/h3-16,32-35H,17-20H2,1-2H3. The van der Waals surface area contributed by atoms with Crippen LogP contribution in [0.5, 0.6) is 23.0 Å². The van der Waals surface area contributed by atoms with Crippen molar-refractivity contribution in [3.8, 4) is 23.0 Å². The molecule has 0 aliphatic carbocycles. The van der Waals surface area contributed by atoms with Crippen molar-refractivity contribution in [3.05, 3.63) is 118 Å². The maximum atomic E-state index is 9.51. The predicted molar refractivity (Wildman–Crippen MR) is 142 cm³/mol. The highest BCUT2D eigenvalue weighted by Gasteiger charge is 2.23. The monoisotopic (exact) mass is 500 g/mol. The zero-order valence-corrected chi connectivity index (χ0v) is 21.0. The second kappa shape index (κ2) is 11.6. The highest BCUT2D eigenvalue weighted by molar-refractivity contribution is 5.45. The minimum Gasteiger partial charge on any atom is -0.457 e. The summed E-state index contributed by atoms with van der Waals surface area (Å²) < 4.78 is 11.9. The molecule has 6 nitrogen and oxygen atoms in total. The van der Waals surface area contributed by atoms with Crippen LogP contribution in [-0.2, 0) is 31.8 Å².